The summed E-state index contributed by atoms with van der Waals surface area (Å²) in [5, 5.41) is 29.9. The highest BCUT2D eigenvalue weighted by Crippen LogP contribution is 2.47. The molecule has 0 spiro atoms. The number of anilines is 7. The Kier molecular flexibility index (Phi) is 16.4. The molecule has 8 heterocycles. The van der Waals surface area contributed by atoms with E-state index in [1.165, 1.54) is 46.2 Å². The Bertz CT molecular complexity index is 3380. The molecule has 0 aliphatic carbocycles. The van der Waals surface area contributed by atoms with Crippen LogP contribution in [0.15, 0.2) is 98.5 Å². The van der Waals surface area contributed by atoms with Gasteiger partial charge >= 0.3 is 0 Å². The third-order valence-corrected chi connectivity index (χ3v) is 15.8. The fourth-order valence-corrected chi connectivity index (χ4v) is 11.5. The van der Waals surface area contributed by atoms with Gasteiger partial charge in [-0.2, -0.15) is 15.5 Å². The number of thioether (sulfide) groups is 1. The van der Waals surface area contributed by atoms with Gasteiger partial charge in [0, 0.05) is 72.0 Å². The third kappa shape index (κ3) is 12.2. The molecule has 18 nitrogen and oxygen atoms in total. The number of hydrogen-bond donors (Lipinski definition) is 4. The molecule has 74 heavy (non-hydrogen) atoms. The van der Waals surface area contributed by atoms with E-state index in [0.717, 1.165) is 105 Å². The monoisotopic (exact) mass is 1180 g/mol. The van der Waals surface area contributed by atoms with Gasteiger partial charge in [-0.05, 0) is 65.9 Å². The van der Waals surface area contributed by atoms with Gasteiger partial charge in [-0.1, -0.05) is 79.2 Å². The first-order chi connectivity index (χ1) is 36.2. The average Bonchev–Trinajstić information content (AvgIpc) is 4.26. The number of nitrogen functional groups attached to an aromatic ring is 1. The molecule has 4 aromatic carbocycles. The third-order valence-electron chi connectivity index (χ3n) is 11.8. The van der Waals surface area contributed by atoms with Crippen molar-refractivity contribution in [2.45, 2.75) is 17.4 Å². The van der Waals surface area contributed by atoms with Gasteiger partial charge in [-0.15, -0.1) is 11.3 Å². The summed E-state index contributed by atoms with van der Waals surface area (Å²) in [5.41, 5.74) is 14.7. The maximum atomic E-state index is 9.75. The first-order valence-corrected chi connectivity index (χ1v) is 27.6. The van der Waals surface area contributed by atoms with E-state index in [1.54, 1.807) is 11.8 Å². The minimum atomic E-state index is 0.150. The molecule has 0 bridgehead atoms. The molecule has 23 heteroatoms. The zero-order valence-corrected chi connectivity index (χ0v) is 45.3. The van der Waals surface area contributed by atoms with Gasteiger partial charge in [0.15, 0.2) is 43.8 Å². The predicted molar refractivity (Wildman–Crippen MR) is 296 cm³/mol. The molecule has 378 valence electrons. The summed E-state index contributed by atoms with van der Waals surface area (Å²) in [6.07, 6.45) is 5.02. The van der Waals surface area contributed by atoms with E-state index >= 15 is 0 Å². The zero-order valence-electron chi connectivity index (χ0n) is 39.7. The number of fused-ring (bicyclic) bond motifs is 4. The fraction of sp³-hybridized carbons (Fsp3) is 0.255. The van der Waals surface area contributed by atoms with Crippen molar-refractivity contribution in [1.82, 2.24) is 29.7 Å². The number of nitrogens with zero attached hydrogens (tertiary/aromatic N) is 8. The highest BCUT2D eigenvalue weighted by Gasteiger charge is 2.24. The minimum Gasteiger partial charge on any atom is -0.453 e. The second-order valence-corrected chi connectivity index (χ2v) is 21.7. The number of pyridine rings is 2. The number of thiazole rings is 2. The summed E-state index contributed by atoms with van der Waals surface area (Å²) < 4.78 is 37.1. The Balaban J connectivity index is 0.000000141. The smallest absolute Gasteiger partial charge is 0.231 e. The Morgan fingerprint density at radius 2 is 1.14 bits per heavy atom. The van der Waals surface area contributed by atoms with E-state index in [2.05, 4.69) is 126 Å². The lowest BCUT2D eigenvalue weighted by atomic mass is 10.2. The van der Waals surface area contributed by atoms with Crippen molar-refractivity contribution in [3.8, 4) is 35.1 Å². The van der Waals surface area contributed by atoms with Crippen molar-refractivity contribution in [2.75, 3.05) is 94.1 Å². The van der Waals surface area contributed by atoms with Crippen LogP contribution in [-0.2, 0) is 22.6 Å². The van der Waals surface area contributed by atoms with Crippen molar-refractivity contribution in [3.63, 3.8) is 0 Å². The van der Waals surface area contributed by atoms with Gasteiger partial charge in [0.25, 0.3) is 0 Å². The van der Waals surface area contributed by atoms with Crippen LogP contribution in [0.3, 0.4) is 0 Å². The Hall–Kier alpha value is -6.51. The molecular formula is C51H46Br2N12O6S3. The molecule has 2 fully saturated rings. The molecule has 4 aromatic heterocycles. The average molecular weight is 1180 g/mol. The van der Waals surface area contributed by atoms with Gasteiger partial charge in [-0.3, -0.25) is 9.80 Å². The predicted octanol–water partition coefficient (Wildman–Crippen LogP) is 11.0. The number of hydrogen-bond acceptors (Lipinski definition) is 21. The van der Waals surface area contributed by atoms with Crippen LogP contribution >= 0.6 is 66.3 Å². The number of nitrogens with one attached hydrogen (secondary N) is 3. The molecule has 0 saturated carbocycles. The van der Waals surface area contributed by atoms with Gasteiger partial charge in [0.05, 0.1) is 65.0 Å². The number of nitrogens with two attached hydrogens (primary N) is 1. The lowest BCUT2D eigenvalue weighted by molar-refractivity contribution is 0.0341. The Labute approximate surface area is 455 Å². The van der Waals surface area contributed by atoms with E-state index in [9.17, 15) is 10.5 Å². The van der Waals surface area contributed by atoms with Crippen LogP contribution in [-0.4, -0.2) is 102 Å². The number of ether oxygens (including phenoxy) is 6. The van der Waals surface area contributed by atoms with Crippen LogP contribution in [0.25, 0.3) is 20.7 Å². The summed E-state index contributed by atoms with van der Waals surface area (Å²) in [6, 6.07) is 28.3. The zero-order chi connectivity index (χ0) is 51.0. The number of halogens is 2. The molecule has 0 radical (unpaired) electrons. The van der Waals surface area contributed by atoms with Crippen LogP contribution in [0, 0.1) is 22.7 Å². The van der Waals surface area contributed by atoms with Crippen LogP contribution in [0.5, 0.6) is 23.0 Å². The molecule has 0 unspecified atom stereocenters. The topological polar surface area (TPSA) is 223 Å². The van der Waals surface area contributed by atoms with E-state index in [1.807, 2.05) is 42.7 Å². The van der Waals surface area contributed by atoms with Crippen LogP contribution in [0.1, 0.15) is 22.3 Å². The highest BCUT2D eigenvalue weighted by atomic mass is 79.9. The minimum absolute atomic E-state index is 0.150. The molecule has 8 aromatic rings. The molecule has 12 rings (SSSR count). The lowest BCUT2D eigenvalue weighted by Crippen LogP contribution is -2.35. The van der Waals surface area contributed by atoms with Gasteiger partial charge < -0.3 is 50.1 Å². The van der Waals surface area contributed by atoms with E-state index < -0.39 is 0 Å². The van der Waals surface area contributed by atoms with Gasteiger partial charge in [0.2, 0.25) is 13.6 Å². The molecule has 4 aliphatic rings. The second-order valence-electron chi connectivity index (χ2n) is 16.8. The molecule has 0 amide bonds. The Morgan fingerprint density at radius 1 is 0.649 bits per heavy atom. The summed E-state index contributed by atoms with van der Waals surface area (Å²) in [5.74, 6) is 2.53. The standard InChI is InChI=1S/C25H21BrN6O3S.C15H9BrN4O2S2.C11H16N2O/c26-17-9-19(22-20(10-17)34-14-35-22)30-21-16(11-27)12-28-24-23(21)36-25(31-24)29-18-3-1-15(2-4-18)13-32-5-7-33-8-6-32;1-23-15-20-14-13(24-15)11(7(4-17)5-18-14)19-9-2-8(16)3-10-12(9)22-6-21-10;12-11-3-1-10(2-4-11)9-13-5-7-14-8-6-13/h1-4,9-10,12H,5-8,13-14H2,(H2,28,29,30,31);2-3,5H,6H2,1H3,(H,18,19);1-4H,5-9,12H2. The lowest BCUT2D eigenvalue weighted by Gasteiger charge is -2.26. The summed E-state index contributed by atoms with van der Waals surface area (Å²) in [4.78, 5) is 22.6. The summed E-state index contributed by atoms with van der Waals surface area (Å²) in [7, 11) is 0. The highest BCUT2D eigenvalue weighted by molar-refractivity contribution is 9.10. The van der Waals surface area contributed by atoms with Crippen molar-refractivity contribution < 1.29 is 28.4 Å². The van der Waals surface area contributed by atoms with Crippen molar-refractivity contribution >= 4 is 126 Å². The van der Waals surface area contributed by atoms with Crippen LogP contribution < -0.4 is 40.6 Å². The van der Waals surface area contributed by atoms with Gasteiger partial charge in [0.1, 0.15) is 16.8 Å². The molecule has 2 saturated heterocycles. The van der Waals surface area contributed by atoms with E-state index in [4.69, 9.17) is 34.2 Å². The molecule has 0 atom stereocenters. The fourth-order valence-electron chi connectivity index (χ4n) is 8.17. The second kappa shape index (κ2) is 23.8. The maximum absolute atomic E-state index is 9.75. The van der Waals surface area contributed by atoms with Crippen LogP contribution in [0.4, 0.5) is 39.3 Å². The SMILES string of the molecule is CSc1nc2ncc(C#N)c(Nc3cc(Br)cc4c3OCO4)c2s1.N#Cc1cnc2nc(Nc3ccc(CN4CCOCC4)cc3)sc2c1Nc1cc(Br)cc2c1OCO2.Nc1ccc(CN2CCOCC2)cc1. The molecule has 5 N–H and O–H groups in total. The molecular weight excluding hydrogens is 1130 g/mol. The summed E-state index contributed by atoms with van der Waals surface area (Å²) >= 11 is 11.5. The Morgan fingerprint density at radius 3 is 1.64 bits per heavy atom. The van der Waals surface area contributed by atoms with E-state index in [-0.39, 0.29) is 13.6 Å². The van der Waals surface area contributed by atoms with Gasteiger partial charge in [-0.25, -0.2) is 15.0 Å². The number of nitriles is 2. The first kappa shape index (κ1) is 51.0. The number of rotatable bonds is 11. The molecule has 4 aliphatic heterocycles. The summed E-state index contributed by atoms with van der Waals surface area (Å²) in [6.45, 7) is 9.52. The number of benzene rings is 4. The number of morpholine rings is 2. The van der Waals surface area contributed by atoms with Crippen LogP contribution in [0.2, 0.25) is 0 Å². The maximum Gasteiger partial charge on any atom is 0.231 e. The normalized spacial score (nSPS) is 14.8. The van der Waals surface area contributed by atoms with Crippen molar-refractivity contribution in [3.05, 3.63) is 116 Å². The first-order valence-electron chi connectivity index (χ1n) is 23.2. The van der Waals surface area contributed by atoms with Crippen molar-refractivity contribution in [1.29, 1.82) is 10.5 Å². The largest absolute Gasteiger partial charge is 0.453 e. The van der Waals surface area contributed by atoms with Crippen molar-refractivity contribution in [2.24, 2.45) is 0 Å². The quantitative estimate of drug-likeness (QED) is 0.0698. The van der Waals surface area contributed by atoms with E-state index in [0.29, 0.717) is 67.6 Å². The number of aromatic nitrogens is 4.